The van der Waals surface area contributed by atoms with E-state index < -0.39 is 5.97 Å². The van der Waals surface area contributed by atoms with Gasteiger partial charge in [-0.2, -0.15) is 0 Å². The Morgan fingerprint density at radius 2 is 1.88 bits per heavy atom. The zero-order valence-corrected chi connectivity index (χ0v) is 14.5. The first-order valence-corrected chi connectivity index (χ1v) is 8.07. The minimum atomic E-state index is -0.475. The number of oxime groups is 1. The number of esters is 1. The van der Waals surface area contributed by atoms with E-state index in [-0.39, 0.29) is 5.92 Å². The summed E-state index contributed by atoms with van der Waals surface area (Å²) in [5.41, 5.74) is 2.40. The van der Waals surface area contributed by atoms with Crippen molar-refractivity contribution in [2.24, 2.45) is 5.16 Å². The molecule has 2 aromatic rings. The Bertz CT molecular complexity index is 855. The summed E-state index contributed by atoms with van der Waals surface area (Å²) in [6, 6.07) is 14.6. The van der Waals surface area contributed by atoms with Crippen LogP contribution >= 0.6 is 0 Å². The Kier molecular flexibility index (Phi) is 5.22. The van der Waals surface area contributed by atoms with Crippen LogP contribution in [-0.4, -0.2) is 31.1 Å². The summed E-state index contributed by atoms with van der Waals surface area (Å²) < 4.78 is 15.6. The van der Waals surface area contributed by atoms with Crippen LogP contribution in [0.25, 0.3) is 0 Å². The van der Waals surface area contributed by atoms with Gasteiger partial charge in [0.1, 0.15) is 17.8 Å². The van der Waals surface area contributed by atoms with Crippen molar-refractivity contribution in [3.05, 3.63) is 71.5 Å². The number of hydrogen-bond donors (Lipinski definition) is 1. The van der Waals surface area contributed by atoms with Crippen LogP contribution in [-0.2, 0) is 9.53 Å². The molecule has 0 spiro atoms. The number of hydrogen-bond acceptors (Lipinski definition) is 6. The number of rotatable bonds is 5. The maximum atomic E-state index is 12.2. The lowest BCUT2D eigenvalue weighted by Crippen LogP contribution is -2.21. The lowest BCUT2D eigenvalue weighted by Gasteiger charge is -2.25. The molecular formula is C20H19NO5. The zero-order chi connectivity index (χ0) is 18.5. The maximum absolute atomic E-state index is 12.2. The van der Waals surface area contributed by atoms with Gasteiger partial charge in [0.05, 0.1) is 25.5 Å². The second-order valence-corrected chi connectivity index (χ2v) is 5.75. The fourth-order valence-electron chi connectivity index (χ4n) is 2.97. The number of ether oxygens (including phenoxy) is 3. The largest absolute Gasteiger partial charge is 0.497 e. The van der Waals surface area contributed by atoms with Gasteiger partial charge in [-0.25, -0.2) is 4.79 Å². The van der Waals surface area contributed by atoms with Gasteiger partial charge in [0.25, 0.3) is 0 Å². The van der Waals surface area contributed by atoms with Crippen LogP contribution < -0.4 is 9.47 Å². The Morgan fingerprint density at radius 1 is 1.15 bits per heavy atom. The fraction of sp³-hybridized carbons (Fsp3) is 0.200. The van der Waals surface area contributed by atoms with E-state index in [4.69, 9.17) is 14.2 Å². The van der Waals surface area contributed by atoms with Crippen molar-refractivity contribution in [1.29, 1.82) is 0 Å². The zero-order valence-electron chi connectivity index (χ0n) is 14.5. The minimum Gasteiger partial charge on any atom is -0.497 e. The minimum absolute atomic E-state index is 0.310. The van der Waals surface area contributed by atoms with Gasteiger partial charge in [-0.15, -0.1) is 0 Å². The first-order chi connectivity index (χ1) is 12.7. The van der Waals surface area contributed by atoms with Crippen LogP contribution in [0, 0.1) is 0 Å². The van der Waals surface area contributed by atoms with E-state index in [1.807, 2.05) is 24.3 Å². The van der Waals surface area contributed by atoms with E-state index >= 15 is 0 Å². The molecule has 0 amide bonds. The third-order valence-electron chi connectivity index (χ3n) is 4.35. The van der Waals surface area contributed by atoms with Crippen molar-refractivity contribution in [2.75, 3.05) is 14.2 Å². The number of carbonyl (C=O) groups excluding carboxylic acids is 1. The van der Waals surface area contributed by atoms with Crippen molar-refractivity contribution in [3.8, 4) is 11.5 Å². The summed E-state index contributed by atoms with van der Waals surface area (Å²) in [7, 11) is 2.91. The third kappa shape index (κ3) is 3.39. The predicted octanol–water partition coefficient (Wildman–Crippen LogP) is 3.50. The summed E-state index contributed by atoms with van der Waals surface area (Å²) in [4.78, 5) is 12.2. The second kappa shape index (κ2) is 7.74. The first-order valence-electron chi connectivity index (χ1n) is 8.07. The number of para-hydroxylation sites is 1. The van der Waals surface area contributed by atoms with E-state index in [2.05, 4.69) is 5.16 Å². The molecule has 0 aliphatic carbocycles. The number of fused-ring (bicyclic) bond motifs is 1. The molecule has 1 N–H and O–H groups in total. The van der Waals surface area contributed by atoms with Gasteiger partial charge in [0.15, 0.2) is 0 Å². The summed E-state index contributed by atoms with van der Waals surface area (Å²) in [6.45, 7) is 0. The summed E-state index contributed by atoms with van der Waals surface area (Å²) in [6.07, 6.45) is 1.71. The first kappa shape index (κ1) is 17.5. The molecule has 0 saturated carbocycles. The molecule has 26 heavy (non-hydrogen) atoms. The van der Waals surface area contributed by atoms with Crippen molar-refractivity contribution >= 4 is 11.7 Å². The lowest BCUT2D eigenvalue weighted by molar-refractivity contribution is -0.136. The Morgan fingerprint density at radius 3 is 2.54 bits per heavy atom. The average Bonchev–Trinajstić information content (AvgIpc) is 2.71. The molecule has 6 heteroatoms. The van der Waals surface area contributed by atoms with E-state index in [0.717, 1.165) is 11.1 Å². The topological polar surface area (TPSA) is 77.4 Å². The molecule has 0 saturated heterocycles. The molecule has 1 atom stereocenters. The molecule has 1 unspecified atom stereocenters. The highest BCUT2D eigenvalue weighted by molar-refractivity contribution is 6.02. The third-order valence-corrected chi connectivity index (χ3v) is 4.35. The lowest BCUT2D eigenvalue weighted by atomic mass is 9.84. The van der Waals surface area contributed by atoms with E-state index in [0.29, 0.717) is 29.2 Å². The highest BCUT2D eigenvalue weighted by atomic mass is 16.5. The summed E-state index contributed by atoms with van der Waals surface area (Å²) in [5, 5.41) is 13.0. The molecule has 0 aromatic heterocycles. The standard InChI is InChI=1S/C20H19NO5/c1-24-14-9-7-13(8-10-14)18(21-23)11-16-15-5-3-4-6-19(15)26-12-17(16)20(22)25-2/h3-10,12,16,23H,11H2,1-2H3/b21-18-. The normalized spacial score (nSPS) is 16.2. The van der Waals surface area contributed by atoms with Gasteiger partial charge >= 0.3 is 5.97 Å². The van der Waals surface area contributed by atoms with Crippen molar-refractivity contribution in [3.63, 3.8) is 0 Å². The smallest absolute Gasteiger partial charge is 0.337 e. The second-order valence-electron chi connectivity index (χ2n) is 5.75. The van der Waals surface area contributed by atoms with Gasteiger partial charge in [-0.1, -0.05) is 23.4 Å². The van der Waals surface area contributed by atoms with Crippen LogP contribution in [0.3, 0.4) is 0 Å². The van der Waals surface area contributed by atoms with E-state index in [1.165, 1.54) is 13.4 Å². The number of methoxy groups -OCH3 is 2. The van der Waals surface area contributed by atoms with Crippen molar-refractivity contribution < 1.29 is 24.2 Å². The van der Waals surface area contributed by atoms with E-state index in [9.17, 15) is 10.0 Å². The summed E-state index contributed by atoms with van der Waals surface area (Å²) >= 11 is 0. The van der Waals surface area contributed by atoms with Crippen LogP contribution in [0.15, 0.2) is 65.5 Å². The van der Waals surface area contributed by atoms with Crippen LogP contribution in [0.1, 0.15) is 23.5 Å². The number of benzene rings is 2. The molecule has 134 valence electrons. The molecule has 0 radical (unpaired) electrons. The molecule has 0 bridgehead atoms. The van der Waals surface area contributed by atoms with Crippen LogP contribution in [0.5, 0.6) is 11.5 Å². The molecule has 2 aromatic carbocycles. The predicted molar refractivity (Wildman–Crippen MR) is 95.8 cm³/mol. The monoisotopic (exact) mass is 353 g/mol. The van der Waals surface area contributed by atoms with Gasteiger partial charge in [0, 0.05) is 17.9 Å². The SMILES string of the molecule is COC(=O)C1=COc2ccccc2C1C/C(=N/O)c1ccc(OC)cc1. The highest BCUT2D eigenvalue weighted by Gasteiger charge is 2.31. The Hall–Kier alpha value is -3.28. The molecule has 1 aliphatic rings. The van der Waals surface area contributed by atoms with Crippen LogP contribution in [0.2, 0.25) is 0 Å². The van der Waals surface area contributed by atoms with Crippen LogP contribution in [0.4, 0.5) is 0 Å². The molecule has 6 nitrogen and oxygen atoms in total. The van der Waals surface area contributed by atoms with Gasteiger partial charge in [0.2, 0.25) is 0 Å². The fourth-order valence-corrected chi connectivity index (χ4v) is 2.97. The molecule has 0 fully saturated rings. The van der Waals surface area contributed by atoms with E-state index in [1.54, 1.807) is 31.4 Å². The highest BCUT2D eigenvalue weighted by Crippen LogP contribution is 2.39. The maximum Gasteiger partial charge on any atom is 0.337 e. The Balaban J connectivity index is 1.95. The molecular weight excluding hydrogens is 334 g/mol. The molecule has 1 heterocycles. The quantitative estimate of drug-likeness (QED) is 0.385. The number of nitrogens with zero attached hydrogens (tertiary/aromatic N) is 1. The molecule has 3 rings (SSSR count). The Labute approximate surface area is 151 Å². The van der Waals surface area contributed by atoms with Gasteiger partial charge in [-0.3, -0.25) is 0 Å². The van der Waals surface area contributed by atoms with Crippen molar-refractivity contribution in [2.45, 2.75) is 12.3 Å². The van der Waals surface area contributed by atoms with Gasteiger partial charge in [-0.05, 0) is 35.9 Å². The number of carbonyl (C=O) groups is 1. The molecule has 1 aliphatic heterocycles. The average molecular weight is 353 g/mol. The van der Waals surface area contributed by atoms with Gasteiger partial charge < -0.3 is 19.4 Å². The van der Waals surface area contributed by atoms with Crippen molar-refractivity contribution in [1.82, 2.24) is 0 Å². The summed E-state index contributed by atoms with van der Waals surface area (Å²) in [5.74, 6) is 0.548.